The van der Waals surface area contributed by atoms with Gasteiger partial charge in [-0.1, -0.05) is 29.3 Å². The lowest BCUT2D eigenvalue weighted by molar-refractivity contribution is 0.220. The topological polar surface area (TPSA) is 38.0 Å². The molecule has 1 N–H and O–H groups in total. The number of hydrogen-bond acceptors (Lipinski definition) is 2. The van der Waals surface area contributed by atoms with Crippen molar-refractivity contribution in [3.05, 3.63) is 51.8 Å². The van der Waals surface area contributed by atoms with Crippen LogP contribution in [0, 0.1) is 0 Å². The second-order valence-electron chi connectivity index (χ2n) is 3.70. The van der Waals surface area contributed by atoms with Crippen LogP contribution in [0.4, 0.5) is 0 Å². The van der Waals surface area contributed by atoms with Crippen LogP contribution in [0.1, 0.15) is 24.2 Å². The average molecular weight is 271 g/mol. The summed E-state index contributed by atoms with van der Waals surface area (Å²) in [7, 11) is 0. The van der Waals surface area contributed by atoms with Gasteiger partial charge in [-0.2, -0.15) is 5.10 Å². The number of aryl methyl sites for hydroxylation is 1. The molecule has 2 aromatic rings. The number of aliphatic hydroxyl groups is 1. The van der Waals surface area contributed by atoms with Gasteiger partial charge >= 0.3 is 0 Å². The maximum absolute atomic E-state index is 10.2. The Morgan fingerprint density at radius 3 is 2.76 bits per heavy atom. The fraction of sp³-hybridized carbons (Fsp3) is 0.250. The Bertz CT molecular complexity index is 525. The largest absolute Gasteiger partial charge is 0.383 e. The van der Waals surface area contributed by atoms with E-state index in [-0.39, 0.29) is 0 Å². The van der Waals surface area contributed by atoms with E-state index >= 15 is 0 Å². The van der Waals surface area contributed by atoms with Crippen LogP contribution >= 0.6 is 23.2 Å². The van der Waals surface area contributed by atoms with E-state index in [9.17, 15) is 5.11 Å². The summed E-state index contributed by atoms with van der Waals surface area (Å²) in [5, 5.41) is 15.3. The number of aliphatic hydroxyl groups excluding tert-OH is 1. The summed E-state index contributed by atoms with van der Waals surface area (Å²) >= 11 is 11.9. The smallest absolute Gasteiger partial charge is 0.109 e. The molecule has 0 bridgehead atoms. The minimum absolute atomic E-state index is 0.453. The van der Waals surface area contributed by atoms with Gasteiger partial charge < -0.3 is 5.11 Å². The molecule has 0 saturated carbocycles. The molecule has 0 aliphatic carbocycles. The van der Waals surface area contributed by atoms with E-state index < -0.39 is 6.10 Å². The van der Waals surface area contributed by atoms with Crippen molar-refractivity contribution in [3.63, 3.8) is 0 Å². The molecule has 0 aliphatic heterocycles. The third-order valence-corrected chi connectivity index (χ3v) is 3.11. The average Bonchev–Trinajstić information content (AvgIpc) is 2.76. The van der Waals surface area contributed by atoms with Gasteiger partial charge in [-0.05, 0) is 19.1 Å². The van der Waals surface area contributed by atoms with E-state index in [4.69, 9.17) is 23.2 Å². The Labute approximate surface area is 110 Å². The van der Waals surface area contributed by atoms with Crippen LogP contribution in [0.15, 0.2) is 30.6 Å². The van der Waals surface area contributed by atoms with Crippen molar-refractivity contribution >= 4 is 23.2 Å². The van der Waals surface area contributed by atoms with E-state index in [1.54, 1.807) is 35.3 Å². The van der Waals surface area contributed by atoms with Crippen molar-refractivity contribution < 1.29 is 5.11 Å². The van der Waals surface area contributed by atoms with Crippen molar-refractivity contribution in [2.45, 2.75) is 19.6 Å². The summed E-state index contributed by atoms with van der Waals surface area (Å²) in [5.74, 6) is 0. The first-order valence-electron chi connectivity index (χ1n) is 5.27. The Hall–Kier alpha value is -1.03. The maximum Gasteiger partial charge on any atom is 0.109 e. The minimum atomic E-state index is -0.778. The van der Waals surface area contributed by atoms with Crippen LogP contribution in [0.2, 0.25) is 10.0 Å². The monoisotopic (exact) mass is 270 g/mol. The van der Waals surface area contributed by atoms with Gasteiger partial charge in [0.1, 0.15) is 6.10 Å². The first-order valence-corrected chi connectivity index (χ1v) is 6.02. The summed E-state index contributed by atoms with van der Waals surface area (Å²) in [5.41, 5.74) is 1.35. The molecule has 1 heterocycles. The number of aromatic nitrogens is 2. The second-order valence-corrected chi connectivity index (χ2v) is 4.54. The highest BCUT2D eigenvalue weighted by Gasteiger charge is 2.15. The standard InChI is InChI=1S/C12H12Cl2N2O/c1-2-16-7-8(6-15-16)12(17)10-4-3-9(13)5-11(10)14/h3-7,12,17H,2H2,1H3. The lowest BCUT2D eigenvalue weighted by Gasteiger charge is -2.10. The fourth-order valence-corrected chi connectivity index (χ4v) is 2.11. The van der Waals surface area contributed by atoms with Crippen LogP contribution in [-0.4, -0.2) is 14.9 Å². The van der Waals surface area contributed by atoms with Gasteiger partial charge in [0.2, 0.25) is 0 Å². The Kier molecular flexibility index (Phi) is 3.72. The summed E-state index contributed by atoms with van der Waals surface area (Å²) in [6.07, 6.45) is 2.66. The number of benzene rings is 1. The van der Waals surface area contributed by atoms with Gasteiger partial charge in [0.25, 0.3) is 0 Å². The molecule has 0 saturated heterocycles. The molecule has 1 atom stereocenters. The summed E-state index contributed by atoms with van der Waals surface area (Å²) in [4.78, 5) is 0. The molecular weight excluding hydrogens is 259 g/mol. The molecule has 0 spiro atoms. The fourth-order valence-electron chi connectivity index (χ4n) is 1.60. The van der Waals surface area contributed by atoms with Crippen molar-refractivity contribution in [3.8, 4) is 0 Å². The predicted octanol–water partition coefficient (Wildman–Crippen LogP) is 3.29. The molecule has 5 heteroatoms. The van der Waals surface area contributed by atoms with Gasteiger partial charge in [0.15, 0.2) is 0 Å². The third-order valence-electron chi connectivity index (χ3n) is 2.55. The zero-order valence-corrected chi connectivity index (χ0v) is 10.8. The Morgan fingerprint density at radius 1 is 1.41 bits per heavy atom. The number of rotatable bonds is 3. The molecule has 17 heavy (non-hydrogen) atoms. The summed E-state index contributed by atoms with van der Waals surface area (Å²) in [6.45, 7) is 2.75. The number of hydrogen-bond donors (Lipinski definition) is 1. The molecule has 1 unspecified atom stereocenters. The molecule has 0 fully saturated rings. The van der Waals surface area contributed by atoms with E-state index in [0.29, 0.717) is 15.6 Å². The van der Waals surface area contributed by atoms with Crippen molar-refractivity contribution in [1.82, 2.24) is 9.78 Å². The lowest BCUT2D eigenvalue weighted by Crippen LogP contribution is -1.99. The SMILES string of the molecule is CCn1cc(C(O)c2ccc(Cl)cc2Cl)cn1. The van der Waals surface area contributed by atoms with Crippen LogP contribution in [0.25, 0.3) is 0 Å². The second kappa shape index (κ2) is 5.08. The normalized spacial score (nSPS) is 12.7. The van der Waals surface area contributed by atoms with Crippen LogP contribution in [0.3, 0.4) is 0 Å². The van der Waals surface area contributed by atoms with Gasteiger partial charge in [0.05, 0.1) is 6.20 Å². The highest BCUT2D eigenvalue weighted by Crippen LogP contribution is 2.30. The van der Waals surface area contributed by atoms with E-state index in [0.717, 1.165) is 12.1 Å². The Balaban J connectivity index is 2.33. The van der Waals surface area contributed by atoms with Gasteiger partial charge in [-0.15, -0.1) is 0 Å². The van der Waals surface area contributed by atoms with Gasteiger partial charge in [0, 0.05) is 33.9 Å². The Morgan fingerprint density at radius 2 is 2.18 bits per heavy atom. The zero-order chi connectivity index (χ0) is 12.4. The molecule has 0 amide bonds. The first-order chi connectivity index (χ1) is 8.11. The van der Waals surface area contributed by atoms with E-state index in [1.807, 2.05) is 6.92 Å². The summed E-state index contributed by atoms with van der Waals surface area (Å²) < 4.78 is 1.75. The van der Waals surface area contributed by atoms with Crippen molar-refractivity contribution in [2.75, 3.05) is 0 Å². The number of halogens is 2. The minimum Gasteiger partial charge on any atom is -0.383 e. The predicted molar refractivity (Wildman–Crippen MR) is 68.4 cm³/mol. The highest BCUT2D eigenvalue weighted by atomic mass is 35.5. The molecule has 1 aromatic carbocycles. The van der Waals surface area contributed by atoms with Gasteiger partial charge in [-0.3, -0.25) is 4.68 Å². The lowest BCUT2D eigenvalue weighted by atomic mass is 10.0. The molecule has 2 rings (SSSR count). The quantitative estimate of drug-likeness (QED) is 0.930. The maximum atomic E-state index is 10.2. The molecular formula is C12H12Cl2N2O. The van der Waals surface area contributed by atoms with Crippen molar-refractivity contribution in [1.29, 1.82) is 0 Å². The molecule has 0 radical (unpaired) electrons. The molecule has 0 aliphatic rings. The third kappa shape index (κ3) is 2.63. The molecule has 1 aromatic heterocycles. The zero-order valence-electron chi connectivity index (χ0n) is 9.27. The van der Waals surface area contributed by atoms with E-state index in [1.165, 1.54) is 0 Å². The first kappa shape index (κ1) is 12.4. The summed E-state index contributed by atoms with van der Waals surface area (Å²) in [6, 6.07) is 5.04. The number of nitrogens with zero attached hydrogens (tertiary/aromatic N) is 2. The molecule has 90 valence electrons. The van der Waals surface area contributed by atoms with Gasteiger partial charge in [-0.25, -0.2) is 0 Å². The van der Waals surface area contributed by atoms with Crippen molar-refractivity contribution in [2.24, 2.45) is 0 Å². The van der Waals surface area contributed by atoms with E-state index in [2.05, 4.69) is 5.10 Å². The highest BCUT2D eigenvalue weighted by molar-refractivity contribution is 6.35. The van der Waals surface area contributed by atoms with Crippen LogP contribution in [0.5, 0.6) is 0 Å². The van der Waals surface area contributed by atoms with Crippen LogP contribution in [-0.2, 0) is 6.54 Å². The van der Waals surface area contributed by atoms with Crippen LogP contribution < -0.4 is 0 Å². The molecule has 3 nitrogen and oxygen atoms in total.